The van der Waals surface area contributed by atoms with E-state index in [0.29, 0.717) is 10.5 Å². The largest absolute Gasteiger partial charge is 0.423 e. The van der Waals surface area contributed by atoms with Crippen molar-refractivity contribution in [1.82, 2.24) is 30.3 Å². The third-order valence-corrected chi connectivity index (χ3v) is 8.71. The second-order valence-electron chi connectivity index (χ2n) is 7.87. The molecule has 5 rings (SSSR count). The van der Waals surface area contributed by atoms with Crippen molar-refractivity contribution in [3.05, 3.63) is 46.9 Å². The van der Waals surface area contributed by atoms with Gasteiger partial charge < -0.3 is 4.42 Å². The Kier molecular flexibility index (Phi) is 5.53. The minimum Gasteiger partial charge on any atom is -0.423 e. The first-order valence-electron chi connectivity index (χ1n) is 10.0. The number of nitrogens with one attached hydrogen (secondary N) is 1. The minimum atomic E-state index is -3.72. The van der Waals surface area contributed by atoms with Gasteiger partial charge in [-0.2, -0.15) is 5.10 Å². The molecule has 1 aliphatic heterocycles. The molecule has 14 heteroatoms. The van der Waals surface area contributed by atoms with Crippen LogP contribution in [0.1, 0.15) is 27.7 Å². The summed E-state index contributed by atoms with van der Waals surface area (Å²) in [6.45, 7) is 1.92. The van der Waals surface area contributed by atoms with Crippen molar-refractivity contribution in [3.63, 3.8) is 0 Å². The lowest BCUT2D eigenvalue weighted by atomic mass is 10.1. The Morgan fingerprint density at radius 2 is 2.06 bits per heavy atom. The molecule has 2 amide bonds. The summed E-state index contributed by atoms with van der Waals surface area (Å²) in [5.41, 5.74) is 3.46. The van der Waals surface area contributed by atoms with E-state index in [0.717, 1.165) is 39.5 Å². The molecule has 176 valence electrons. The standard InChI is InChI=1S/C20H18N6O5S3/c1-9-11(8-26(2)25-9)10-4-5-12-13(6-10)32-19(21-12)16(34(3,29)30)18-24-23-15(31-18)7-14-17(27)22-20(28)33-14/h4-6,8,14,16H,7H2,1-3H3,(H,22,27,28). The Morgan fingerprint density at radius 1 is 1.26 bits per heavy atom. The van der Waals surface area contributed by atoms with Gasteiger partial charge in [-0.25, -0.2) is 13.4 Å². The van der Waals surface area contributed by atoms with E-state index < -0.39 is 31.5 Å². The maximum absolute atomic E-state index is 12.7. The molecule has 4 heterocycles. The van der Waals surface area contributed by atoms with Crippen LogP contribution in [0.2, 0.25) is 0 Å². The predicted octanol–water partition coefficient (Wildman–Crippen LogP) is 2.42. The van der Waals surface area contributed by atoms with E-state index in [1.54, 1.807) is 4.68 Å². The summed E-state index contributed by atoms with van der Waals surface area (Å²) in [6.07, 6.45) is 3.02. The van der Waals surface area contributed by atoms with Crippen LogP contribution in [-0.2, 0) is 28.1 Å². The molecule has 1 aromatic carbocycles. The molecule has 3 aromatic heterocycles. The van der Waals surface area contributed by atoms with E-state index in [4.69, 9.17) is 4.42 Å². The maximum atomic E-state index is 12.7. The van der Waals surface area contributed by atoms with Crippen LogP contribution in [-0.4, -0.2) is 56.0 Å². The molecule has 0 radical (unpaired) electrons. The fourth-order valence-corrected chi connectivity index (χ4v) is 7.06. The van der Waals surface area contributed by atoms with Gasteiger partial charge in [-0.1, -0.05) is 17.8 Å². The number of nitrogens with zero attached hydrogens (tertiary/aromatic N) is 5. The summed E-state index contributed by atoms with van der Waals surface area (Å²) in [7, 11) is -1.87. The first kappa shape index (κ1) is 22.7. The van der Waals surface area contributed by atoms with E-state index in [2.05, 4.69) is 25.6 Å². The molecule has 0 bridgehead atoms. The number of aryl methyl sites for hydroxylation is 2. The molecule has 11 nitrogen and oxygen atoms in total. The van der Waals surface area contributed by atoms with Gasteiger partial charge in [0.25, 0.3) is 5.24 Å². The van der Waals surface area contributed by atoms with Crippen molar-refractivity contribution in [2.45, 2.75) is 23.8 Å². The molecule has 4 aromatic rings. The third kappa shape index (κ3) is 4.23. The molecule has 2 unspecified atom stereocenters. The number of fused-ring (bicyclic) bond motifs is 1. The third-order valence-electron chi connectivity index (χ3n) is 5.22. The molecule has 2 atom stereocenters. The topological polar surface area (TPSA) is 150 Å². The number of amides is 2. The predicted molar refractivity (Wildman–Crippen MR) is 126 cm³/mol. The zero-order valence-electron chi connectivity index (χ0n) is 18.2. The molecular formula is C20H18N6O5S3. The van der Waals surface area contributed by atoms with Crippen molar-refractivity contribution < 1.29 is 22.4 Å². The van der Waals surface area contributed by atoms with Gasteiger partial charge in [-0.3, -0.25) is 19.6 Å². The average Bonchev–Trinajstić information content (AvgIpc) is 3.49. The van der Waals surface area contributed by atoms with Gasteiger partial charge >= 0.3 is 0 Å². The van der Waals surface area contributed by atoms with E-state index in [1.807, 2.05) is 38.4 Å². The van der Waals surface area contributed by atoms with Gasteiger partial charge in [0.2, 0.25) is 17.7 Å². The minimum absolute atomic E-state index is 0.0133. The quantitative estimate of drug-likeness (QED) is 0.403. The van der Waals surface area contributed by atoms with Gasteiger partial charge in [0.05, 0.1) is 15.9 Å². The van der Waals surface area contributed by atoms with Crippen LogP contribution >= 0.6 is 23.1 Å². The summed E-state index contributed by atoms with van der Waals surface area (Å²) in [5, 5.41) is 12.3. The van der Waals surface area contributed by atoms with E-state index in [1.165, 1.54) is 11.3 Å². The summed E-state index contributed by atoms with van der Waals surface area (Å²) in [4.78, 5) is 27.7. The molecule has 1 aliphatic rings. The number of benzene rings is 1. The fraction of sp³-hybridized carbons (Fsp3) is 0.300. The molecule has 34 heavy (non-hydrogen) atoms. The lowest BCUT2D eigenvalue weighted by Crippen LogP contribution is -2.25. The summed E-state index contributed by atoms with van der Waals surface area (Å²) >= 11 is 2.06. The van der Waals surface area contributed by atoms with Gasteiger partial charge in [0.1, 0.15) is 10.3 Å². The van der Waals surface area contributed by atoms with Crippen LogP contribution in [0.3, 0.4) is 0 Å². The molecule has 1 saturated heterocycles. The van der Waals surface area contributed by atoms with E-state index in [-0.39, 0.29) is 18.2 Å². The fourth-order valence-electron chi connectivity index (χ4n) is 3.72. The Labute approximate surface area is 201 Å². The highest BCUT2D eigenvalue weighted by Gasteiger charge is 2.36. The Bertz CT molecular complexity index is 1550. The zero-order chi connectivity index (χ0) is 24.2. The monoisotopic (exact) mass is 518 g/mol. The lowest BCUT2D eigenvalue weighted by Gasteiger charge is -2.07. The number of aromatic nitrogens is 5. The molecule has 1 fully saturated rings. The number of carbonyl (C=O) groups excluding carboxylic acids is 2. The summed E-state index contributed by atoms with van der Waals surface area (Å²) < 4.78 is 33.6. The maximum Gasteiger partial charge on any atom is 0.286 e. The number of imide groups is 1. The SMILES string of the molecule is Cc1nn(C)cc1-c1ccc2nc(C(c3nnc(CC4SC(=O)NC4=O)o3)S(C)(=O)=O)sc2c1. The first-order chi connectivity index (χ1) is 16.1. The lowest BCUT2D eigenvalue weighted by molar-refractivity contribution is -0.119. The molecule has 0 spiro atoms. The highest BCUT2D eigenvalue weighted by atomic mass is 32.2. The second-order valence-corrected chi connectivity index (χ2v) is 12.2. The molecular weight excluding hydrogens is 500 g/mol. The van der Waals surface area contributed by atoms with Crippen molar-refractivity contribution in [3.8, 4) is 11.1 Å². The zero-order valence-corrected chi connectivity index (χ0v) is 20.6. The normalized spacial score (nSPS) is 17.4. The Balaban J connectivity index is 1.49. The average molecular weight is 519 g/mol. The van der Waals surface area contributed by atoms with Crippen molar-refractivity contribution >= 4 is 54.3 Å². The number of hydrogen-bond acceptors (Lipinski definition) is 11. The van der Waals surface area contributed by atoms with Crippen LogP contribution in [0.25, 0.3) is 21.3 Å². The van der Waals surface area contributed by atoms with E-state index >= 15 is 0 Å². The van der Waals surface area contributed by atoms with Gasteiger partial charge in [-0.05, 0) is 24.6 Å². The van der Waals surface area contributed by atoms with Crippen molar-refractivity contribution in [2.24, 2.45) is 7.05 Å². The smallest absolute Gasteiger partial charge is 0.286 e. The van der Waals surface area contributed by atoms with Crippen molar-refractivity contribution in [2.75, 3.05) is 6.26 Å². The van der Waals surface area contributed by atoms with Crippen molar-refractivity contribution in [1.29, 1.82) is 0 Å². The van der Waals surface area contributed by atoms with Crippen LogP contribution < -0.4 is 5.32 Å². The highest BCUT2D eigenvalue weighted by molar-refractivity contribution is 8.15. The van der Waals surface area contributed by atoms with Crippen LogP contribution in [0.5, 0.6) is 0 Å². The molecule has 0 aliphatic carbocycles. The van der Waals surface area contributed by atoms with Crippen LogP contribution in [0.4, 0.5) is 4.79 Å². The number of hydrogen-bond donors (Lipinski definition) is 1. The Hall–Kier alpha value is -3.10. The number of sulfone groups is 1. The number of thioether (sulfide) groups is 1. The molecule has 1 N–H and O–H groups in total. The van der Waals surface area contributed by atoms with Gasteiger partial charge in [0.15, 0.2) is 15.1 Å². The van der Waals surface area contributed by atoms with Crippen LogP contribution in [0, 0.1) is 6.92 Å². The summed E-state index contributed by atoms with van der Waals surface area (Å²) in [5.74, 6) is -0.503. The van der Waals surface area contributed by atoms with Gasteiger partial charge in [-0.15, -0.1) is 21.5 Å². The van der Waals surface area contributed by atoms with Gasteiger partial charge in [0, 0.05) is 31.5 Å². The number of thiazole rings is 1. The highest BCUT2D eigenvalue weighted by Crippen LogP contribution is 2.37. The Morgan fingerprint density at radius 3 is 2.71 bits per heavy atom. The number of carbonyl (C=O) groups is 2. The second kappa shape index (κ2) is 8.29. The first-order valence-corrected chi connectivity index (χ1v) is 13.7. The number of rotatable bonds is 6. The molecule has 0 saturated carbocycles. The van der Waals surface area contributed by atoms with Crippen LogP contribution in [0.15, 0.2) is 28.8 Å². The van der Waals surface area contributed by atoms with E-state index in [9.17, 15) is 18.0 Å². The summed E-state index contributed by atoms with van der Waals surface area (Å²) in [6, 6.07) is 5.70.